The van der Waals surface area contributed by atoms with Crippen molar-refractivity contribution in [2.24, 2.45) is 52.3 Å². The van der Waals surface area contributed by atoms with Gasteiger partial charge in [-0.2, -0.15) is 0 Å². The Morgan fingerprint density at radius 2 is 1.71 bits per heavy atom. The second kappa shape index (κ2) is 9.58. The van der Waals surface area contributed by atoms with E-state index in [1.807, 2.05) is 0 Å². The van der Waals surface area contributed by atoms with Gasteiger partial charge in [-0.3, -0.25) is 14.4 Å². The summed E-state index contributed by atoms with van der Waals surface area (Å²) in [6, 6.07) is 0. The first-order chi connectivity index (χ1) is 16.1. The first-order valence-electron chi connectivity index (χ1n) is 13.8. The number of esters is 2. The van der Waals surface area contributed by atoms with Crippen molar-refractivity contribution in [3.63, 3.8) is 0 Å². The van der Waals surface area contributed by atoms with Crippen LogP contribution in [0.25, 0.3) is 0 Å². The van der Waals surface area contributed by atoms with Crippen molar-refractivity contribution in [2.75, 3.05) is 7.11 Å². The Kier molecular flexibility index (Phi) is 7.24. The Hall–Kier alpha value is -1.39. The molecule has 0 heterocycles. The van der Waals surface area contributed by atoms with Gasteiger partial charge in [0.15, 0.2) is 0 Å². The molecule has 5 nitrogen and oxygen atoms in total. The summed E-state index contributed by atoms with van der Waals surface area (Å²) in [6.07, 6.45) is 9.67. The number of ketones is 1. The molecule has 34 heavy (non-hydrogen) atoms. The molecule has 4 rings (SSSR count). The minimum Gasteiger partial charge on any atom is -0.469 e. The van der Waals surface area contributed by atoms with Gasteiger partial charge in [0.2, 0.25) is 0 Å². The first-order valence-corrected chi connectivity index (χ1v) is 13.8. The lowest BCUT2D eigenvalue weighted by molar-refractivity contribution is -0.178. The third-order valence-electron chi connectivity index (χ3n) is 11.2. The van der Waals surface area contributed by atoms with Gasteiger partial charge < -0.3 is 9.47 Å². The maximum Gasteiger partial charge on any atom is 0.305 e. The second-order valence-electron chi connectivity index (χ2n) is 12.6. The molecule has 0 amide bonds. The predicted molar refractivity (Wildman–Crippen MR) is 131 cm³/mol. The van der Waals surface area contributed by atoms with E-state index in [0.29, 0.717) is 41.8 Å². The van der Waals surface area contributed by atoms with Gasteiger partial charge in [0.25, 0.3) is 0 Å². The number of hydrogen-bond acceptors (Lipinski definition) is 5. The van der Waals surface area contributed by atoms with Crippen LogP contribution in [0.15, 0.2) is 0 Å². The zero-order valence-electron chi connectivity index (χ0n) is 22.2. The number of carbonyl (C=O) groups excluding carboxylic acids is 3. The summed E-state index contributed by atoms with van der Waals surface area (Å²) in [5.74, 6) is 2.73. The maximum absolute atomic E-state index is 14.2. The van der Waals surface area contributed by atoms with Crippen LogP contribution in [0, 0.1) is 52.3 Å². The van der Waals surface area contributed by atoms with E-state index >= 15 is 0 Å². The molecular weight excluding hydrogens is 428 g/mol. The highest BCUT2D eigenvalue weighted by Gasteiger charge is 2.65. The molecule has 0 spiro atoms. The number of Topliss-reactive ketones (excluding diaryl/α,β-unsaturated/α-hetero) is 1. The highest BCUT2D eigenvalue weighted by molar-refractivity contribution is 5.86. The number of methoxy groups -OCH3 is 1. The van der Waals surface area contributed by atoms with E-state index in [4.69, 9.17) is 9.47 Å². The van der Waals surface area contributed by atoms with E-state index in [1.54, 1.807) is 0 Å². The van der Waals surface area contributed by atoms with E-state index in [0.717, 1.165) is 44.9 Å². The van der Waals surface area contributed by atoms with Crippen LogP contribution in [-0.2, 0) is 23.9 Å². The molecule has 192 valence electrons. The topological polar surface area (TPSA) is 69.7 Å². The molecule has 5 heteroatoms. The number of carbonyl (C=O) groups is 3. The Labute approximate surface area is 206 Å². The van der Waals surface area contributed by atoms with Gasteiger partial charge in [0, 0.05) is 25.2 Å². The molecule has 0 aromatic rings. The molecule has 0 N–H and O–H groups in total. The Morgan fingerprint density at radius 1 is 1.03 bits per heavy atom. The molecule has 0 unspecified atom stereocenters. The van der Waals surface area contributed by atoms with Gasteiger partial charge in [0.05, 0.1) is 7.11 Å². The smallest absolute Gasteiger partial charge is 0.305 e. The van der Waals surface area contributed by atoms with Crippen LogP contribution < -0.4 is 0 Å². The zero-order chi connectivity index (χ0) is 24.8. The summed E-state index contributed by atoms with van der Waals surface area (Å²) in [5.41, 5.74) is 0.342. The average molecular weight is 475 g/mol. The molecule has 4 saturated carbocycles. The van der Waals surface area contributed by atoms with Gasteiger partial charge in [-0.05, 0) is 98.2 Å². The summed E-state index contributed by atoms with van der Waals surface area (Å²) >= 11 is 0. The summed E-state index contributed by atoms with van der Waals surface area (Å²) in [4.78, 5) is 37.5. The molecule has 4 aliphatic rings. The fourth-order valence-corrected chi connectivity index (χ4v) is 9.59. The van der Waals surface area contributed by atoms with E-state index in [1.165, 1.54) is 26.9 Å². The van der Waals surface area contributed by atoms with Crippen molar-refractivity contribution >= 4 is 17.7 Å². The Bertz CT molecular complexity index is 806. The van der Waals surface area contributed by atoms with Gasteiger partial charge in [-0.1, -0.05) is 27.7 Å². The average Bonchev–Trinajstić information content (AvgIpc) is 3.15. The molecule has 0 saturated heterocycles. The molecule has 0 aromatic carbocycles. The van der Waals surface area contributed by atoms with Crippen LogP contribution in [0.4, 0.5) is 0 Å². The Morgan fingerprint density at radius 3 is 2.35 bits per heavy atom. The predicted octanol–water partition coefficient (Wildman–Crippen LogP) is 5.98. The SMILES string of the molecule is CC[C@@H]1C(=O)[C@@H]2[C@H](CC[C@]3(C)[C@@H]([C@H](C)CCC(=O)OC)CC[C@@H]23)[C@@]2(C)CC[C@@H](OC(C)=O)C[C@@H]12. The van der Waals surface area contributed by atoms with Gasteiger partial charge in [-0.15, -0.1) is 0 Å². The third-order valence-corrected chi connectivity index (χ3v) is 11.2. The molecular formula is C29H46O5. The third kappa shape index (κ3) is 4.13. The van der Waals surface area contributed by atoms with Crippen molar-refractivity contribution in [3.05, 3.63) is 0 Å². The lowest BCUT2D eigenvalue weighted by Crippen LogP contribution is -2.60. The van der Waals surface area contributed by atoms with Crippen LogP contribution in [-0.4, -0.2) is 30.9 Å². The van der Waals surface area contributed by atoms with Crippen molar-refractivity contribution in [2.45, 2.75) is 105 Å². The molecule has 0 aliphatic heterocycles. The summed E-state index contributed by atoms with van der Waals surface area (Å²) in [5, 5.41) is 0. The van der Waals surface area contributed by atoms with Crippen LogP contribution in [0.5, 0.6) is 0 Å². The van der Waals surface area contributed by atoms with E-state index in [9.17, 15) is 14.4 Å². The molecule has 4 fully saturated rings. The van der Waals surface area contributed by atoms with E-state index in [2.05, 4.69) is 27.7 Å². The van der Waals surface area contributed by atoms with Crippen LogP contribution in [0.2, 0.25) is 0 Å². The quantitative estimate of drug-likeness (QED) is 0.443. The molecule has 0 bridgehead atoms. The maximum atomic E-state index is 14.2. The van der Waals surface area contributed by atoms with Gasteiger partial charge in [-0.25, -0.2) is 0 Å². The second-order valence-corrected chi connectivity index (χ2v) is 12.6. The molecule has 10 atom stereocenters. The fourth-order valence-electron chi connectivity index (χ4n) is 9.59. The summed E-state index contributed by atoms with van der Waals surface area (Å²) < 4.78 is 10.5. The lowest BCUT2D eigenvalue weighted by Gasteiger charge is -2.62. The number of fused-ring (bicyclic) bond motifs is 5. The van der Waals surface area contributed by atoms with E-state index in [-0.39, 0.29) is 40.7 Å². The van der Waals surface area contributed by atoms with Crippen molar-refractivity contribution < 1.29 is 23.9 Å². The molecule has 0 aromatic heterocycles. The largest absolute Gasteiger partial charge is 0.469 e. The normalized spacial score (nSPS) is 44.4. The summed E-state index contributed by atoms with van der Waals surface area (Å²) in [7, 11) is 1.47. The van der Waals surface area contributed by atoms with Crippen LogP contribution >= 0.6 is 0 Å². The number of ether oxygens (including phenoxy) is 2. The van der Waals surface area contributed by atoms with Crippen molar-refractivity contribution in [3.8, 4) is 0 Å². The minimum atomic E-state index is -0.201. The highest BCUT2D eigenvalue weighted by atomic mass is 16.5. The molecule has 0 radical (unpaired) electrons. The number of hydrogen-bond donors (Lipinski definition) is 0. The van der Waals surface area contributed by atoms with Gasteiger partial charge in [0.1, 0.15) is 11.9 Å². The molecule has 4 aliphatic carbocycles. The van der Waals surface area contributed by atoms with Crippen molar-refractivity contribution in [1.29, 1.82) is 0 Å². The first kappa shape index (κ1) is 25.7. The number of rotatable bonds is 6. The highest BCUT2D eigenvalue weighted by Crippen LogP contribution is 2.68. The minimum absolute atomic E-state index is 0.0330. The fraction of sp³-hybridized carbons (Fsp3) is 0.897. The van der Waals surface area contributed by atoms with Gasteiger partial charge >= 0.3 is 11.9 Å². The summed E-state index contributed by atoms with van der Waals surface area (Å²) in [6.45, 7) is 10.9. The van der Waals surface area contributed by atoms with Crippen LogP contribution in [0.3, 0.4) is 0 Å². The van der Waals surface area contributed by atoms with E-state index < -0.39 is 0 Å². The van der Waals surface area contributed by atoms with Crippen molar-refractivity contribution in [1.82, 2.24) is 0 Å². The van der Waals surface area contributed by atoms with Crippen LogP contribution in [0.1, 0.15) is 98.8 Å². The monoisotopic (exact) mass is 474 g/mol. The lowest BCUT2D eigenvalue weighted by atomic mass is 9.42. The standard InChI is InChI=1S/C29H46O5/c1-7-20-24-16-19(34-18(3)30)12-14-29(24,5)23-13-15-28(4)21(17(2)8-11-25(31)33-6)9-10-22(28)26(23)27(20)32/h17,19-24,26H,7-16H2,1-6H3/t17-,19-,20+,21-,22+,23+,24+,26+,28-,29-/m1/s1. The zero-order valence-corrected chi connectivity index (χ0v) is 22.2. The Balaban J connectivity index is 1.57.